The van der Waals surface area contributed by atoms with E-state index in [4.69, 9.17) is 4.74 Å². The van der Waals surface area contributed by atoms with Crippen LogP contribution in [-0.2, 0) is 6.42 Å². The van der Waals surface area contributed by atoms with E-state index in [1.807, 2.05) is 0 Å². The van der Waals surface area contributed by atoms with Crippen molar-refractivity contribution < 1.29 is 4.74 Å². The van der Waals surface area contributed by atoms with E-state index in [0.717, 1.165) is 25.3 Å². The maximum absolute atomic E-state index is 5.81. The third-order valence-electron chi connectivity index (χ3n) is 3.44. The molecule has 1 aliphatic heterocycles. The summed E-state index contributed by atoms with van der Waals surface area (Å²) in [4.78, 5) is 0. The molecule has 17 heavy (non-hydrogen) atoms. The molecule has 0 saturated heterocycles. The van der Waals surface area contributed by atoms with E-state index in [2.05, 4.69) is 44.3 Å². The zero-order valence-electron chi connectivity index (χ0n) is 11.1. The lowest BCUT2D eigenvalue weighted by molar-refractivity contribution is 0.190. The van der Waals surface area contributed by atoms with E-state index < -0.39 is 0 Å². The Hall–Kier alpha value is -1.02. The lowest BCUT2D eigenvalue weighted by Gasteiger charge is -2.32. The highest BCUT2D eigenvalue weighted by molar-refractivity contribution is 5.41. The highest BCUT2D eigenvalue weighted by Gasteiger charge is 2.27. The van der Waals surface area contributed by atoms with Gasteiger partial charge in [-0.15, -0.1) is 0 Å². The van der Waals surface area contributed by atoms with Crippen LogP contribution in [-0.4, -0.2) is 13.2 Å². The second-order valence-corrected chi connectivity index (χ2v) is 4.95. The normalized spacial score (nSPS) is 23.0. The predicted octanol–water partition coefficient (Wildman–Crippen LogP) is 3.32. The number of ether oxygens (including phenoxy) is 1. The Morgan fingerprint density at radius 2 is 2.18 bits per heavy atom. The molecule has 2 heteroatoms. The smallest absolute Gasteiger partial charge is 0.124 e. The van der Waals surface area contributed by atoms with Crippen LogP contribution in [0.3, 0.4) is 0 Å². The predicted molar refractivity (Wildman–Crippen MR) is 71.5 cm³/mol. The van der Waals surface area contributed by atoms with Crippen molar-refractivity contribution >= 4 is 0 Å². The molecule has 0 aromatic heterocycles. The average molecular weight is 233 g/mol. The van der Waals surface area contributed by atoms with Gasteiger partial charge in [0.25, 0.3) is 0 Å². The van der Waals surface area contributed by atoms with Crippen LogP contribution in [0.2, 0.25) is 0 Å². The summed E-state index contributed by atoms with van der Waals surface area (Å²) in [6.07, 6.45) is 2.35. The summed E-state index contributed by atoms with van der Waals surface area (Å²) in [5.74, 6) is 1.60. The number of hydrogen-bond acceptors (Lipinski definition) is 2. The molecular weight excluding hydrogens is 210 g/mol. The summed E-state index contributed by atoms with van der Waals surface area (Å²) in [6.45, 7) is 8.46. The van der Waals surface area contributed by atoms with Gasteiger partial charge in [-0.3, -0.25) is 0 Å². The van der Waals surface area contributed by atoms with Gasteiger partial charge in [0.05, 0.1) is 6.61 Å². The summed E-state index contributed by atoms with van der Waals surface area (Å²) in [7, 11) is 0. The summed E-state index contributed by atoms with van der Waals surface area (Å²) < 4.78 is 5.81. The van der Waals surface area contributed by atoms with E-state index in [1.54, 1.807) is 0 Å². The van der Waals surface area contributed by atoms with E-state index >= 15 is 0 Å². The van der Waals surface area contributed by atoms with Gasteiger partial charge in [-0.1, -0.05) is 39.3 Å². The zero-order valence-corrected chi connectivity index (χ0v) is 11.1. The molecule has 2 nitrogen and oxygen atoms in total. The molecule has 94 valence electrons. The minimum absolute atomic E-state index is 0.445. The number of hydrogen-bond donors (Lipinski definition) is 1. The molecule has 0 fully saturated rings. The quantitative estimate of drug-likeness (QED) is 0.861. The van der Waals surface area contributed by atoms with Crippen molar-refractivity contribution in [3.63, 3.8) is 0 Å². The number of rotatable bonds is 4. The third kappa shape index (κ3) is 2.63. The fraction of sp³-hybridized carbons (Fsp3) is 0.600. The van der Waals surface area contributed by atoms with Gasteiger partial charge in [0.1, 0.15) is 5.75 Å². The molecule has 2 atom stereocenters. The van der Waals surface area contributed by atoms with E-state index in [1.165, 1.54) is 17.5 Å². The van der Waals surface area contributed by atoms with Crippen molar-refractivity contribution in [2.75, 3.05) is 13.2 Å². The molecule has 1 N–H and O–H groups in total. The maximum atomic E-state index is 5.81. The Balaban J connectivity index is 2.30. The minimum atomic E-state index is 0.445. The van der Waals surface area contributed by atoms with Gasteiger partial charge in [0, 0.05) is 17.5 Å². The van der Waals surface area contributed by atoms with Crippen LogP contribution in [0, 0.1) is 5.92 Å². The van der Waals surface area contributed by atoms with Crippen LogP contribution in [0.25, 0.3) is 0 Å². The molecule has 0 saturated carbocycles. The molecule has 2 rings (SSSR count). The zero-order chi connectivity index (χ0) is 12.3. The monoisotopic (exact) mass is 233 g/mol. The molecule has 1 aromatic carbocycles. The largest absolute Gasteiger partial charge is 0.493 e. The van der Waals surface area contributed by atoms with Crippen LogP contribution in [0.4, 0.5) is 0 Å². The van der Waals surface area contributed by atoms with Crippen LogP contribution in [0.1, 0.15) is 44.4 Å². The minimum Gasteiger partial charge on any atom is -0.493 e. The third-order valence-corrected chi connectivity index (χ3v) is 3.44. The first-order valence-corrected chi connectivity index (χ1v) is 6.75. The van der Waals surface area contributed by atoms with Crippen LogP contribution in [0.5, 0.6) is 5.75 Å². The average Bonchev–Trinajstić information content (AvgIpc) is 2.33. The Labute approximate surface area is 104 Å². The first-order valence-electron chi connectivity index (χ1n) is 6.75. The number of fused-ring (bicyclic) bond motifs is 1. The van der Waals surface area contributed by atoms with Crippen molar-refractivity contribution in [1.29, 1.82) is 0 Å². The first-order chi connectivity index (χ1) is 8.26. The second kappa shape index (κ2) is 5.54. The molecule has 1 heterocycles. The highest BCUT2D eigenvalue weighted by Crippen LogP contribution is 2.35. The lowest BCUT2D eigenvalue weighted by atomic mass is 9.90. The molecule has 0 amide bonds. The molecule has 0 aliphatic carbocycles. The Kier molecular flexibility index (Phi) is 4.06. The molecule has 1 aliphatic rings. The number of benzene rings is 1. The summed E-state index contributed by atoms with van der Waals surface area (Å²) >= 11 is 0. The van der Waals surface area contributed by atoms with Gasteiger partial charge in [-0.25, -0.2) is 0 Å². The first kappa shape index (κ1) is 12.4. The standard InChI is InChI=1S/C15H23NO/c1-4-6-12-7-8-14-13(9-12)15(16-5-2)11(3)10-17-14/h7-9,11,15-16H,4-6,10H2,1-3H3. The summed E-state index contributed by atoms with van der Waals surface area (Å²) in [5.41, 5.74) is 2.77. The molecule has 0 radical (unpaired) electrons. The van der Waals surface area contributed by atoms with Crippen LogP contribution < -0.4 is 10.1 Å². The number of aryl methyl sites for hydroxylation is 1. The highest BCUT2D eigenvalue weighted by atomic mass is 16.5. The summed E-state index contributed by atoms with van der Waals surface area (Å²) in [6, 6.07) is 7.10. The van der Waals surface area contributed by atoms with Crippen molar-refractivity contribution in [2.24, 2.45) is 5.92 Å². The van der Waals surface area contributed by atoms with Gasteiger partial charge >= 0.3 is 0 Å². The Morgan fingerprint density at radius 1 is 1.35 bits per heavy atom. The molecule has 0 bridgehead atoms. The number of nitrogens with one attached hydrogen (secondary N) is 1. The SMILES string of the molecule is CCCc1ccc2c(c1)C(NCC)C(C)CO2. The fourth-order valence-corrected chi connectivity index (χ4v) is 2.57. The molecule has 2 unspecified atom stereocenters. The molecule has 0 spiro atoms. The van der Waals surface area contributed by atoms with Crippen molar-refractivity contribution in [3.8, 4) is 5.75 Å². The lowest BCUT2D eigenvalue weighted by Crippen LogP contribution is -2.33. The van der Waals surface area contributed by atoms with Crippen LogP contribution >= 0.6 is 0 Å². The second-order valence-electron chi connectivity index (χ2n) is 4.95. The van der Waals surface area contributed by atoms with Gasteiger partial charge in [0.2, 0.25) is 0 Å². The molecular formula is C15H23NO. The maximum Gasteiger partial charge on any atom is 0.124 e. The Morgan fingerprint density at radius 3 is 2.88 bits per heavy atom. The van der Waals surface area contributed by atoms with E-state index in [9.17, 15) is 0 Å². The van der Waals surface area contributed by atoms with Gasteiger partial charge in [-0.05, 0) is 24.6 Å². The fourth-order valence-electron chi connectivity index (χ4n) is 2.57. The summed E-state index contributed by atoms with van der Waals surface area (Å²) in [5, 5.41) is 3.58. The van der Waals surface area contributed by atoms with E-state index in [0.29, 0.717) is 12.0 Å². The van der Waals surface area contributed by atoms with Crippen molar-refractivity contribution in [1.82, 2.24) is 5.32 Å². The topological polar surface area (TPSA) is 21.3 Å². The van der Waals surface area contributed by atoms with E-state index in [-0.39, 0.29) is 0 Å². The molecule has 1 aromatic rings. The van der Waals surface area contributed by atoms with Crippen LogP contribution in [0.15, 0.2) is 18.2 Å². The van der Waals surface area contributed by atoms with Crippen molar-refractivity contribution in [2.45, 2.75) is 39.7 Å². The van der Waals surface area contributed by atoms with Gasteiger partial charge in [0.15, 0.2) is 0 Å². The van der Waals surface area contributed by atoms with Gasteiger partial charge < -0.3 is 10.1 Å². The Bertz CT molecular complexity index is 375. The van der Waals surface area contributed by atoms with Gasteiger partial charge in [-0.2, -0.15) is 0 Å². The van der Waals surface area contributed by atoms with Crippen molar-refractivity contribution in [3.05, 3.63) is 29.3 Å².